The van der Waals surface area contributed by atoms with Crippen LogP contribution in [0.4, 0.5) is 5.82 Å². The number of rotatable bonds is 5. The fourth-order valence-electron chi connectivity index (χ4n) is 1.56. The van der Waals surface area contributed by atoms with Crippen LogP contribution in [0.2, 0.25) is 0 Å². The van der Waals surface area contributed by atoms with Gasteiger partial charge < -0.3 is 9.72 Å². The second-order valence-electron chi connectivity index (χ2n) is 4.69. The molecule has 2 rings (SSSR count). The SMILES string of the molecule is CCNc1cn2ccnc2c(SC(C)C(C)C)n1. The summed E-state index contributed by atoms with van der Waals surface area (Å²) in [5, 5.41) is 4.78. The monoisotopic (exact) mass is 264 g/mol. The van der Waals surface area contributed by atoms with E-state index in [4.69, 9.17) is 0 Å². The first-order valence-corrected chi connectivity index (χ1v) is 7.24. The molecule has 98 valence electrons. The van der Waals surface area contributed by atoms with Crippen molar-refractivity contribution >= 4 is 23.2 Å². The Morgan fingerprint density at radius 3 is 2.83 bits per heavy atom. The van der Waals surface area contributed by atoms with E-state index >= 15 is 0 Å². The Kier molecular flexibility index (Phi) is 4.11. The van der Waals surface area contributed by atoms with Crippen molar-refractivity contribution in [1.29, 1.82) is 0 Å². The van der Waals surface area contributed by atoms with Gasteiger partial charge in [-0.2, -0.15) is 0 Å². The predicted octanol–water partition coefficient (Wildman–Crippen LogP) is 3.30. The van der Waals surface area contributed by atoms with Gasteiger partial charge in [0, 0.05) is 24.2 Å². The summed E-state index contributed by atoms with van der Waals surface area (Å²) in [5.74, 6) is 1.52. The summed E-state index contributed by atoms with van der Waals surface area (Å²) in [6.45, 7) is 9.64. The van der Waals surface area contributed by atoms with Crippen LogP contribution in [0.5, 0.6) is 0 Å². The molecule has 0 aliphatic carbocycles. The molecule has 0 aliphatic rings. The van der Waals surface area contributed by atoms with Gasteiger partial charge in [0.2, 0.25) is 0 Å². The van der Waals surface area contributed by atoms with Crippen molar-refractivity contribution in [1.82, 2.24) is 14.4 Å². The van der Waals surface area contributed by atoms with Gasteiger partial charge >= 0.3 is 0 Å². The molecule has 0 aliphatic heterocycles. The molecule has 1 unspecified atom stereocenters. The third kappa shape index (κ3) is 2.77. The Labute approximate surface area is 112 Å². The van der Waals surface area contributed by atoms with E-state index < -0.39 is 0 Å². The highest BCUT2D eigenvalue weighted by molar-refractivity contribution is 8.00. The summed E-state index contributed by atoms with van der Waals surface area (Å²) in [7, 11) is 0. The lowest BCUT2D eigenvalue weighted by Gasteiger charge is -2.15. The standard InChI is InChI=1S/C13H20N4S/c1-5-14-11-8-17-7-6-15-12(17)13(16-11)18-10(4)9(2)3/h6-10,14H,5H2,1-4H3. The first-order valence-electron chi connectivity index (χ1n) is 6.36. The fourth-order valence-corrected chi connectivity index (χ4v) is 2.60. The summed E-state index contributed by atoms with van der Waals surface area (Å²) in [4.78, 5) is 9.04. The normalized spacial score (nSPS) is 13.2. The molecule has 0 aromatic carbocycles. The summed E-state index contributed by atoms with van der Waals surface area (Å²) >= 11 is 1.79. The van der Waals surface area contributed by atoms with Crippen LogP contribution in [-0.4, -0.2) is 26.2 Å². The van der Waals surface area contributed by atoms with Crippen LogP contribution in [0.3, 0.4) is 0 Å². The molecule has 4 nitrogen and oxygen atoms in total. The third-order valence-corrected chi connectivity index (χ3v) is 4.35. The fraction of sp³-hybridized carbons (Fsp3) is 0.538. The van der Waals surface area contributed by atoms with Crippen molar-refractivity contribution in [2.45, 2.75) is 38.0 Å². The highest BCUT2D eigenvalue weighted by Gasteiger charge is 2.14. The molecule has 0 radical (unpaired) electrons. The minimum atomic E-state index is 0.523. The molecule has 2 heterocycles. The average molecular weight is 264 g/mol. The molecule has 0 saturated carbocycles. The molecule has 1 atom stereocenters. The quantitative estimate of drug-likeness (QED) is 0.841. The second kappa shape index (κ2) is 5.61. The van der Waals surface area contributed by atoms with E-state index in [1.54, 1.807) is 11.8 Å². The highest BCUT2D eigenvalue weighted by Crippen LogP contribution is 2.29. The van der Waals surface area contributed by atoms with E-state index in [1.807, 2.05) is 23.0 Å². The first kappa shape index (κ1) is 13.2. The lowest BCUT2D eigenvalue weighted by atomic mass is 10.2. The van der Waals surface area contributed by atoms with Crippen LogP contribution < -0.4 is 5.32 Å². The van der Waals surface area contributed by atoms with Gasteiger partial charge in [-0.15, -0.1) is 0 Å². The summed E-state index contributed by atoms with van der Waals surface area (Å²) in [6, 6.07) is 0. The van der Waals surface area contributed by atoms with Crippen LogP contribution in [0.25, 0.3) is 5.65 Å². The molecule has 0 saturated heterocycles. The minimum absolute atomic E-state index is 0.523. The number of nitrogens with zero attached hydrogens (tertiary/aromatic N) is 3. The second-order valence-corrected chi connectivity index (χ2v) is 6.05. The van der Waals surface area contributed by atoms with Gasteiger partial charge in [0.25, 0.3) is 0 Å². The Morgan fingerprint density at radius 2 is 2.17 bits per heavy atom. The van der Waals surface area contributed by atoms with Crippen molar-refractivity contribution in [3.63, 3.8) is 0 Å². The molecule has 0 bridgehead atoms. The number of thioether (sulfide) groups is 1. The summed E-state index contributed by atoms with van der Waals surface area (Å²) < 4.78 is 2.03. The van der Waals surface area contributed by atoms with Crippen LogP contribution in [0, 0.1) is 5.92 Å². The molecule has 0 spiro atoms. The van der Waals surface area contributed by atoms with Crippen LogP contribution in [-0.2, 0) is 0 Å². The van der Waals surface area contributed by atoms with Gasteiger partial charge in [-0.05, 0) is 12.8 Å². The van der Waals surface area contributed by atoms with E-state index in [-0.39, 0.29) is 0 Å². The molecule has 2 aromatic rings. The molecule has 0 amide bonds. The smallest absolute Gasteiger partial charge is 0.169 e. The van der Waals surface area contributed by atoms with E-state index in [1.165, 1.54) is 0 Å². The van der Waals surface area contributed by atoms with Crippen molar-refractivity contribution in [3.8, 4) is 0 Å². The van der Waals surface area contributed by atoms with Gasteiger partial charge in [0.15, 0.2) is 5.65 Å². The number of aromatic nitrogens is 3. The number of hydrogen-bond donors (Lipinski definition) is 1. The molecule has 5 heteroatoms. The zero-order valence-corrected chi connectivity index (χ0v) is 12.2. The molecule has 1 N–H and O–H groups in total. The Balaban J connectivity index is 2.37. The van der Waals surface area contributed by atoms with E-state index in [0.29, 0.717) is 11.2 Å². The topological polar surface area (TPSA) is 42.2 Å². The third-order valence-electron chi connectivity index (χ3n) is 2.94. The zero-order valence-electron chi connectivity index (χ0n) is 11.3. The minimum Gasteiger partial charge on any atom is -0.369 e. The maximum absolute atomic E-state index is 4.65. The lowest BCUT2D eigenvalue weighted by molar-refractivity contribution is 0.641. The van der Waals surface area contributed by atoms with Crippen LogP contribution in [0.15, 0.2) is 23.6 Å². The number of hydrogen-bond acceptors (Lipinski definition) is 4. The number of imidazole rings is 1. The van der Waals surface area contributed by atoms with Gasteiger partial charge in [-0.1, -0.05) is 32.5 Å². The van der Waals surface area contributed by atoms with Gasteiger partial charge in [-0.3, -0.25) is 0 Å². The van der Waals surface area contributed by atoms with Gasteiger partial charge in [-0.25, -0.2) is 9.97 Å². The molecule has 18 heavy (non-hydrogen) atoms. The molecular weight excluding hydrogens is 244 g/mol. The maximum Gasteiger partial charge on any atom is 0.169 e. The molecular formula is C13H20N4S. The van der Waals surface area contributed by atoms with Crippen molar-refractivity contribution in [2.24, 2.45) is 5.92 Å². The summed E-state index contributed by atoms with van der Waals surface area (Å²) in [5.41, 5.74) is 0.939. The van der Waals surface area contributed by atoms with E-state index in [9.17, 15) is 0 Å². The average Bonchev–Trinajstić information content (AvgIpc) is 2.77. The van der Waals surface area contributed by atoms with Gasteiger partial charge in [0.1, 0.15) is 10.8 Å². The van der Waals surface area contributed by atoms with E-state index in [2.05, 4.69) is 43.0 Å². The molecule has 2 aromatic heterocycles. The highest BCUT2D eigenvalue weighted by atomic mass is 32.2. The number of fused-ring (bicyclic) bond motifs is 1. The van der Waals surface area contributed by atoms with Crippen LogP contribution >= 0.6 is 11.8 Å². The summed E-state index contributed by atoms with van der Waals surface area (Å²) in [6.07, 6.45) is 5.76. The largest absolute Gasteiger partial charge is 0.369 e. The predicted molar refractivity (Wildman–Crippen MR) is 77.3 cm³/mol. The number of anilines is 1. The van der Waals surface area contributed by atoms with Crippen LogP contribution in [0.1, 0.15) is 27.7 Å². The zero-order chi connectivity index (χ0) is 13.1. The van der Waals surface area contributed by atoms with Crippen molar-refractivity contribution < 1.29 is 0 Å². The Hall–Kier alpha value is -1.23. The van der Waals surface area contributed by atoms with Crippen molar-refractivity contribution in [3.05, 3.63) is 18.6 Å². The number of nitrogens with one attached hydrogen (secondary N) is 1. The molecule has 0 fully saturated rings. The first-order chi connectivity index (χ1) is 8.61. The maximum atomic E-state index is 4.65. The van der Waals surface area contributed by atoms with Crippen molar-refractivity contribution in [2.75, 3.05) is 11.9 Å². The Bertz CT molecular complexity index is 521. The van der Waals surface area contributed by atoms with Gasteiger partial charge in [0.05, 0.1) is 6.20 Å². The Morgan fingerprint density at radius 1 is 1.39 bits per heavy atom. The lowest BCUT2D eigenvalue weighted by Crippen LogP contribution is -2.08. The van der Waals surface area contributed by atoms with E-state index in [0.717, 1.165) is 23.0 Å².